The van der Waals surface area contributed by atoms with Gasteiger partial charge in [-0.1, -0.05) is 18.9 Å². The lowest BCUT2D eigenvalue weighted by molar-refractivity contribution is 0.0575. The number of hydrogen-bond donors (Lipinski definition) is 3. The van der Waals surface area contributed by atoms with E-state index in [-0.39, 0.29) is 0 Å². The maximum Gasteiger partial charge on any atom is 0.188 e. The molecule has 1 heterocycles. The second kappa shape index (κ2) is 6.52. The molecule has 4 N–H and O–H groups in total. The van der Waals surface area contributed by atoms with Crippen LogP contribution < -0.4 is 11.1 Å². The minimum Gasteiger partial charge on any atom is -0.388 e. The Morgan fingerprint density at radius 2 is 2.21 bits per heavy atom. The van der Waals surface area contributed by atoms with Crippen LogP contribution in [0.5, 0.6) is 0 Å². The van der Waals surface area contributed by atoms with Gasteiger partial charge in [-0.25, -0.2) is 0 Å². The molecule has 2 rings (SSSR count). The number of pyridine rings is 1. The molecule has 1 aromatic rings. The summed E-state index contributed by atoms with van der Waals surface area (Å²) >= 11 is 0. The zero-order chi connectivity index (χ0) is 13.6. The van der Waals surface area contributed by atoms with Gasteiger partial charge in [0, 0.05) is 24.9 Å². The number of guanidine groups is 1. The van der Waals surface area contributed by atoms with Crippen LogP contribution in [0.15, 0.2) is 29.4 Å². The molecule has 0 amide bonds. The Balaban J connectivity index is 1.70. The van der Waals surface area contributed by atoms with Gasteiger partial charge >= 0.3 is 0 Å². The fourth-order valence-corrected chi connectivity index (χ4v) is 2.34. The molecule has 0 aromatic carbocycles. The molecule has 1 saturated carbocycles. The van der Waals surface area contributed by atoms with Crippen LogP contribution in [0.3, 0.4) is 0 Å². The summed E-state index contributed by atoms with van der Waals surface area (Å²) in [4.78, 5) is 8.46. The number of hydrogen-bond acceptors (Lipinski definition) is 3. The maximum atomic E-state index is 10.1. The lowest BCUT2D eigenvalue weighted by Crippen LogP contribution is -2.36. The van der Waals surface area contributed by atoms with Crippen LogP contribution in [-0.2, 0) is 6.42 Å². The van der Waals surface area contributed by atoms with E-state index in [0.29, 0.717) is 19.0 Å². The first-order valence-electron chi connectivity index (χ1n) is 6.84. The quantitative estimate of drug-likeness (QED) is 0.542. The SMILES string of the molecule is NC(=NCC1(O)CCCC1)NCCc1ccccn1. The van der Waals surface area contributed by atoms with Gasteiger partial charge in [0.2, 0.25) is 0 Å². The summed E-state index contributed by atoms with van der Waals surface area (Å²) in [6.07, 6.45) is 6.41. The number of nitrogens with two attached hydrogens (primary N) is 1. The molecule has 5 nitrogen and oxygen atoms in total. The van der Waals surface area contributed by atoms with E-state index in [1.54, 1.807) is 6.20 Å². The molecule has 0 spiro atoms. The van der Waals surface area contributed by atoms with Gasteiger partial charge in [-0.05, 0) is 25.0 Å². The van der Waals surface area contributed by atoms with Crippen molar-refractivity contribution < 1.29 is 5.11 Å². The second-order valence-corrected chi connectivity index (χ2v) is 5.13. The molecule has 0 atom stereocenters. The lowest BCUT2D eigenvalue weighted by Gasteiger charge is -2.19. The van der Waals surface area contributed by atoms with Crippen molar-refractivity contribution in [1.82, 2.24) is 10.3 Å². The summed E-state index contributed by atoms with van der Waals surface area (Å²) < 4.78 is 0. The molecule has 0 bridgehead atoms. The fraction of sp³-hybridized carbons (Fsp3) is 0.571. The summed E-state index contributed by atoms with van der Waals surface area (Å²) in [6, 6.07) is 5.85. The molecular weight excluding hydrogens is 240 g/mol. The van der Waals surface area contributed by atoms with Gasteiger partial charge < -0.3 is 16.2 Å². The molecule has 1 aromatic heterocycles. The van der Waals surface area contributed by atoms with Crippen molar-refractivity contribution in [2.75, 3.05) is 13.1 Å². The van der Waals surface area contributed by atoms with E-state index in [9.17, 15) is 5.11 Å². The third-order valence-electron chi connectivity index (χ3n) is 3.49. The van der Waals surface area contributed by atoms with Crippen molar-refractivity contribution >= 4 is 5.96 Å². The highest BCUT2D eigenvalue weighted by Crippen LogP contribution is 2.29. The molecular formula is C14H22N4O. The highest BCUT2D eigenvalue weighted by atomic mass is 16.3. The van der Waals surface area contributed by atoms with E-state index in [2.05, 4.69) is 15.3 Å². The normalized spacial score (nSPS) is 18.5. The van der Waals surface area contributed by atoms with Crippen LogP contribution in [0, 0.1) is 0 Å². The van der Waals surface area contributed by atoms with Gasteiger partial charge in [-0.2, -0.15) is 0 Å². The smallest absolute Gasteiger partial charge is 0.188 e. The van der Waals surface area contributed by atoms with Crippen molar-refractivity contribution in [2.24, 2.45) is 10.7 Å². The Hall–Kier alpha value is -1.62. The Labute approximate surface area is 114 Å². The average Bonchev–Trinajstić information content (AvgIpc) is 2.85. The van der Waals surface area contributed by atoms with Gasteiger partial charge in [0.1, 0.15) is 0 Å². The fourth-order valence-electron chi connectivity index (χ4n) is 2.34. The summed E-state index contributed by atoms with van der Waals surface area (Å²) in [6.45, 7) is 1.10. The number of nitrogens with zero attached hydrogens (tertiary/aromatic N) is 2. The van der Waals surface area contributed by atoms with Crippen LogP contribution in [0.2, 0.25) is 0 Å². The van der Waals surface area contributed by atoms with Gasteiger partial charge in [0.05, 0.1) is 12.1 Å². The largest absolute Gasteiger partial charge is 0.388 e. The van der Waals surface area contributed by atoms with E-state index in [1.165, 1.54) is 0 Å². The van der Waals surface area contributed by atoms with Gasteiger partial charge in [-0.3, -0.25) is 9.98 Å². The van der Waals surface area contributed by atoms with Crippen molar-refractivity contribution in [2.45, 2.75) is 37.7 Å². The van der Waals surface area contributed by atoms with Crippen molar-refractivity contribution in [1.29, 1.82) is 0 Å². The van der Waals surface area contributed by atoms with Crippen LogP contribution >= 0.6 is 0 Å². The van der Waals surface area contributed by atoms with E-state index in [4.69, 9.17) is 5.73 Å². The summed E-state index contributed by atoms with van der Waals surface area (Å²) in [5.74, 6) is 0.399. The van der Waals surface area contributed by atoms with Gasteiger partial charge in [0.15, 0.2) is 5.96 Å². The molecule has 104 valence electrons. The summed E-state index contributed by atoms with van der Waals surface area (Å²) in [5, 5.41) is 13.2. The zero-order valence-corrected chi connectivity index (χ0v) is 11.2. The highest BCUT2D eigenvalue weighted by molar-refractivity contribution is 5.77. The average molecular weight is 262 g/mol. The lowest BCUT2D eigenvalue weighted by atomic mass is 10.0. The molecule has 1 aliphatic carbocycles. The molecule has 1 aliphatic rings. The van der Waals surface area contributed by atoms with E-state index < -0.39 is 5.60 Å². The first kappa shape index (κ1) is 13.8. The van der Waals surface area contributed by atoms with Gasteiger partial charge in [0.25, 0.3) is 0 Å². The number of aliphatic imine (C=N–C) groups is 1. The summed E-state index contributed by atoms with van der Waals surface area (Å²) in [7, 11) is 0. The minimum atomic E-state index is -0.632. The number of nitrogens with one attached hydrogen (secondary N) is 1. The van der Waals surface area contributed by atoms with Crippen LogP contribution in [0.4, 0.5) is 0 Å². The van der Waals surface area contributed by atoms with Crippen LogP contribution in [0.1, 0.15) is 31.4 Å². The number of rotatable bonds is 5. The topological polar surface area (TPSA) is 83.5 Å². The van der Waals surface area contributed by atoms with Gasteiger partial charge in [-0.15, -0.1) is 0 Å². The highest BCUT2D eigenvalue weighted by Gasteiger charge is 2.30. The molecule has 0 saturated heterocycles. The zero-order valence-electron chi connectivity index (χ0n) is 11.2. The van der Waals surface area contributed by atoms with Crippen molar-refractivity contribution in [3.8, 4) is 0 Å². The van der Waals surface area contributed by atoms with Crippen molar-refractivity contribution in [3.05, 3.63) is 30.1 Å². The van der Waals surface area contributed by atoms with E-state index in [1.807, 2.05) is 18.2 Å². The second-order valence-electron chi connectivity index (χ2n) is 5.13. The summed E-state index contributed by atoms with van der Waals surface area (Å²) in [5.41, 5.74) is 6.18. The first-order chi connectivity index (χ1) is 9.18. The Morgan fingerprint density at radius 3 is 2.89 bits per heavy atom. The third kappa shape index (κ3) is 4.52. The predicted molar refractivity (Wildman–Crippen MR) is 75.9 cm³/mol. The monoisotopic (exact) mass is 262 g/mol. The molecule has 0 aliphatic heterocycles. The molecule has 1 fully saturated rings. The van der Waals surface area contributed by atoms with E-state index in [0.717, 1.165) is 37.8 Å². The Bertz CT molecular complexity index is 413. The minimum absolute atomic E-state index is 0.398. The molecule has 19 heavy (non-hydrogen) atoms. The maximum absolute atomic E-state index is 10.1. The Morgan fingerprint density at radius 1 is 1.42 bits per heavy atom. The molecule has 0 unspecified atom stereocenters. The van der Waals surface area contributed by atoms with E-state index >= 15 is 0 Å². The van der Waals surface area contributed by atoms with Crippen LogP contribution in [0.25, 0.3) is 0 Å². The molecule has 0 radical (unpaired) electrons. The van der Waals surface area contributed by atoms with Crippen molar-refractivity contribution in [3.63, 3.8) is 0 Å². The Kier molecular flexibility index (Phi) is 4.74. The first-order valence-corrected chi connectivity index (χ1v) is 6.84. The van der Waals surface area contributed by atoms with Crippen LogP contribution in [-0.4, -0.2) is 34.7 Å². The molecule has 5 heteroatoms. The predicted octanol–water partition coefficient (Wildman–Crippen LogP) is 0.833. The number of aliphatic hydroxyl groups is 1. The third-order valence-corrected chi connectivity index (χ3v) is 3.49. The standard InChI is InChI=1S/C14H22N4O/c15-13(18-11-14(19)7-2-3-8-14)17-10-6-12-5-1-4-9-16-12/h1,4-5,9,19H,2-3,6-8,10-11H2,(H3,15,17,18). The number of aromatic nitrogens is 1.